The molecule has 4 N–H and O–H groups in total. The van der Waals surface area contributed by atoms with Gasteiger partial charge in [-0.15, -0.1) is 0 Å². The van der Waals surface area contributed by atoms with Crippen LogP contribution < -0.4 is 15.8 Å². The predicted octanol–water partition coefficient (Wildman–Crippen LogP) is 2.42. The summed E-state index contributed by atoms with van der Waals surface area (Å²) >= 11 is 0. The summed E-state index contributed by atoms with van der Waals surface area (Å²) < 4.78 is 25.6. The number of hydrogen-bond acceptors (Lipinski definition) is 4. The van der Waals surface area contributed by atoms with Gasteiger partial charge in [-0.05, 0) is 37.6 Å². The topological polar surface area (TPSA) is 84.2 Å². The molecular weight excluding hydrogens is 274 g/mol. The molecule has 0 aromatic heterocycles. The van der Waals surface area contributed by atoms with E-state index in [1.165, 1.54) is 26.0 Å². The van der Waals surface area contributed by atoms with Crippen molar-refractivity contribution in [3.05, 3.63) is 18.2 Å². The van der Waals surface area contributed by atoms with Crippen LogP contribution >= 0.6 is 0 Å². The highest BCUT2D eigenvalue weighted by Crippen LogP contribution is 2.22. The minimum absolute atomic E-state index is 0.116. The summed E-state index contributed by atoms with van der Waals surface area (Å²) in [6.45, 7) is 5.30. The molecule has 0 heterocycles. The van der Waals surface area contributed by atoms with Crippen molar-refractivity contribution < 1.29 is 8.42 Å². The van der Waals surface area contributed by atoms with Crippen LogP contribution in [-0.4, -0.2) is 22.0 Å². The molecule has 0 atom stereocenters. The van der Waals surface area contributed by atoms with E-state index in [-0.39, 0.29) is 10.6 Å². The average Bonchev–Trinajstić information content (AvgIpc) is 2.37. The number of sulfonamides is 1. The van der Waals surface area contributed by atoms with E-state index < -0.39 is 10.0 Å². The van der Waals surface area contributed by atoms with Gasteiger partial charge in [0, 0.05) is 12.2 Å². The molecule has 0 bridgehead atoms. The number of nitrogens with two attached hydrogens (primary N) is 1. The standard InChI is InChI=1S/C14H25N3O2S/c1-11(2)6-4-5-9-17-12-7-8-14(13(15)10-12)20(18,19)16-3/h7-8,10-11,16-17H,4-6,9,15H2,1-3H3. The Morgan fingerprint density at radius 1 is 1.25 bits per heavy atom. The van der Waals surface area contributed by atoms with Crippen LogP contribution in [0.1, 0.15) is 33.1 Å². The van der Waals surface area contributed by atoms with Crippen molar-refractivity contribution >= 4 is 21.4 Å². The van der Waals surface area contributed by atoms with Crippen LogP contribution in [0.4, 0.5) is 11.4 Å². The molecule has 0 saturated heterocycles. The molecule has 1 rings (SSSR count). The first-order valence-corrected chi connectivity index (χ1v) is 8.42. The molecular formula is C14H25N3O2S. The Morgan fingerprint density at radius 3 is 2.50 bits per heavy atom. The van der Waals surface area contributed by atoms with Crippen LogP contribution in [0.2, 0.25) is 0 Å². The third-order valence-electron chi connectivity index (χ3n) is 3.11. The van der Waals surface area contributed by atoms with E-state index in [4.69, 9.17) is 5.73 Å². The lowest BCUT2D eigenvalue weighted by Gasteiger charge is -2.11. The third-order valence-corrected chi connectivity index (χ3v) is 4.59. The summed E-state index contributed by atoms with van der Waals surface area (Å²) in [6, 6.07) is 4.92. The van der Waals surface area contributed by atoms with Crippen LogP contribution in [0.25, 0.3) is 0 Å². The van der Waals surface area contributed by atoms with Crippen LogP contribution in [0.5, 0.6) is 0 Å². The highest BCUT2D eigenvalue weighted by atomic mass is 32.2. The van der Waals surface area contributed by atoms with E-state index in [2.05, 4.69) is 23.9 Å². The van der Waals surface area contributed by atoms with Crippen molar-refractivity contribution in [2.45, 2.75) is 38.0 Å². The fourth-order valence-corrected chi connectivity index (χ4v) is 2.76. The number of hydrogen-bond donors (Lipinski definition) is 3. The molecule has 5 nitrogen and oxygen atoms in total. The Balaban J connectivity index is 2.56. The second kappa shape index (κ2) is 7.50. The number of unbranched alkanes of at least 4 members (excludes halogenated alkanes) is 1. The summed E-state index contributed by atoms with van der Waals surface area (Å²) in [5.41, 5.74) is 6.90. The zero-order valence-electron chi connectivity index (χ0n) is 12.4. The summed E-state index contributed by atoms with van der Waals surface area (Å²) in [7, 11) is -2.12. The fourth-order valence-electron chi connectivity index (χ4n) is 1.92. The van der Waals surface area contributed by atoms with Gasteiger partial charge in [-0.3, -0.25) is 0 Å². The summed E-state index contributed by atoms with van der Waals surface area (Å²) in [5.74, 6) is 0.733. The van der Waals surface area contributed by atoms with Gasteiger partial charge in [0.25, 0.3) is 0 Å². The molecule has 0 fully saturated rings. The van der Waals surface area contributed by atoms with E-state index >= 15 is 0 Å². The maximum Gasteiger partial charge on any atom is 0.242 e. The lowest BCUT2D eigenvalue weighted by Crippen LogP contribution is -2.20. The van der Waals surface area contributed by atoms with Crippen LogP contribution in [0.3, 0.4) is 0 Å². The third kappa shape index (κ3) is 5.02. The van der Waals surface area contributed by atoms with E-state index in [1.807, 2.05) is 0 Å². The van der Waals surface area contributed by atoms with Crippen LogP contribution in [0.15, 0.2) is 23.1 Å². The minimum atomic E-state index is -3.49. The molecule has 0 aliphatic heterocycles. The SMILES string of the molecule is CNS(=O)(=O)c1ccc(NCCCCC(C)C)cc1N. The summed E-state index contributed by atoms with van der Waals surface area (Å²) in [4.78, 5) is 0.116. The molecule has 20 heavy (non-hydrogen) atoms. The van der Waals surface area contributed by atoms with Gasteiger partial charge in [0.2, 0.25) is 10.0 Å². The lowest BCUT2D eigenvalue weighted by atomic mass is 10.1. The Bertz CT molecular complexity index is 527. The van der Waals surface area contributed by atoms with Crippen LogP contribution in [-0.2, 0) is 10.0 Å². The van der Waals surface area contributed by atoms with E-state index in [9.17, 15) is 8.42 Å². The zero-order chi connectivity index (χ0) is 15.2. The second-order valence-electron chi connectivity index (χ2n) is 5.28. The molecule has 6 heteroatoms. The number of nitrogens with one attached hydrogen (secondary N) is 2. The van der Waals surface area contributed by atoms with Crippen molar-refractivity contribution in [3.63, 3.8) is 0 Å². The molecule has 0 amide bonds. The number of anilines is 2. The Kier molecular flexibility index (Phi) is 6.29. The number of rotatable bonds is 8. The maximum atomic E-state index is 11.7. The first kappa shape index (κ1) is 16.8. The van der Waals surface area contributed by atoms with Gasteiger partial charge in [-0.25, -0.2) is 13.1 Å². The molecule has 0 aliphatic carbocycles. The highest BCUT2D eigenvalue weighted by Gasteiger charge is 2.14. The first-order valence-electron chi connectivity index (χ1n) is 6.93. The number of nitrogen functional groups attached to an aromatic ring is 1. The van der Waals surface area contributed by atoms with E-state index in [0.29, 0.717) is 0 Å². The summed E-state index contributed by atoms with van der Waals surface area (Å²) in [5, 5.41) is 3.26. The van der Waals surface area contributed by atoms with Crippen molar-refractivity contribution in [1.82, 2.24) is 4.72 Å². The lowest BCUT2D eigenvalue weighted by molar-refractivity contribution is 0.545. The predicted molar refractivity (Wildman–Crippen MR) is 84.3 cm³/mol. The Labute approximate surface area is 122 Å². The Hall–Kier alpha value is -1.27. The average molecular weight is 299 g/mol. The fraction of sp³-hybridized carbons (Fsp3) is 0.571. The largest absolute Gasteiger partial charge is 0.398 e. The quantitative estimate of drug-likeness (QED) is 0.508. The normalized spacial score (nSPS) is 11.8. The van der Waals surface area contributed by atoms with Crippen molar-refractivity contribution in [2.75, 3.05) is 24.6 Å². The second-order valence-corrected chi connectivity index (χ2v) is 7.13. The van der Waals surface area contributed by atoms with Gasteiger partial charge in [0.1, 0.15) is 4.90 Å². The molecule has 0 aliphatic rings. The van der Waals surface area contributed by atoms with Crippen LogP contribution in [0, 0.1) is 5.92 Å². The maximum absolute atomic E-state index is 11.7. The smallest absolute Gasteiger partial charge is 0.242 e. The van der Waals surface area contributed by atoms with E-state index in [0.717, 1.165) is 24.6 Å². The monoisotopic (exact) mass is 299 g/mol. The van der Waals surface area contributed by atoms with Gasteiger partial charge >= 0.3 is 0 Å². The molecule has 114 valence electrons. The van der Waals surface area contributed by atoms with E-state index in [1.54, 1.807) is 12.1 Å². The van der Waals surface area contributed by atoms with Gasteiger partial charge in [-0.1, -0.05) is 26.7 Å². The molecule has 0 radical (unpaired) electrons. The van der Waals surface area contributed by atoms with Gasteiger partial charge < -0.3 is 11.1 Å². The van der Waals surface area contributed by atoms with Gasteiger partial charge in [-0.2, -0.15) is 0 Å². The molecule has 0 saturated carbocycles. The highest BCUT2D eigenvalue weighted by molar-refractivity contribution is 7.89. The Morgan fingerprint density at radius 2 is 1.95 bits per heavy atom. The summed E-state index contributed by atoms with van der Waals surface area (Å²) in [6.07, 6.45) is 3.50. The van der Waals surface area contributed by atoms with Gasteiger partial charge in [0.05, 0.1) is 5.69 Å². The van der Waals surface area contributed by atoms with Gasteiger partial charge in [0.15, 0.2) is 0 Å². The van der Waals surface area contributed by atoms with Crippen molar-refractivity contribution in [1.29, 1.82) is 0 Å². The van der Waals surface area contributed by atoms with Crippen molar-refractivity contribution in [3.8, 4) is 0 Å². The zero-order valence-corrected chi connectivity index (χ0v) is 13.3. The molecule has 1 aromatic carbocycles. The van der Waals surface area contributed by atoms with Crippen molar-refractivity contribution in [2.24, 2.45) is 5.92 Å². The molecule has 0 spiro atoms. The number of benzene rings is 1. The molecule has 1 aromatic rings. The first-order chi connectivity index (χ1) is 9.36. The minimum Gasteiger partial charge on any atom is -0.398 e. The molecule has 0 unspecified atom stereocenters.